The van der Waals surface area contributed by atoms with E-state index in [9.17, 15) is 13.2 Å². The van der Waals surface area contributed by atoms with Gasteiger partial charge in [-0.15, -0.1) is 0 Å². The van der Waals surface area contributed by atoms with Gasteiger partial charge in [0.15, 0.2) is 0 Å². The summed E-state index contributed by atoms with van der Waals surface area (Å²) in [5, 5.41) is 3.30. The fourth-order valence-electron chi connectivity index (χ4n) is 3.83. The summed E-state index contributed by atoms with van der Waals surface area (Å²) in [5.41, 5.74) is 3.43. The number of carbonyl (C=O) groups excluding carboxylic acids is 1. The number of benzene rings is 2. The normalized spacial score (nSPS) is 15.6. The Labute approximate surface area is 190 Å². The third kappa shape index (κ3) is 6.21. The van der Waals surface area contributed by atoms with Gasteiger partial charge in [-0.1, -0.05) is 41.9 Å². The summed E-state index contributed by atoms with van der Waals surface area (Å²) >= 11 is 6.17. The van der Waals surface area contributed by atoms with Gasteiger partial charge in [-0.05, 0) is 68.6 Å². The third-order valence-electron chi connectivity index (χ3n) is 5.59. The SMILES string of the molecule is Cc1ccc(N(C(C)C(=O)NCc2ccc(CN3CCCC3)cc2)S(C)(=O)=O)cc1Cl. The Bertz CT molecular complexity index is 1020. The van der Waals surface area contributed by atoms with E-state index in [4.69, 9.17) is 11.6 Å². The molecule has 0 bridgehead atoms. The molecule has 1 heterocycles. The Morgan fingerprint density at radius 2 is 1.74 bits per heavy atom. The minimum absolute atomic E-state index is 0.333. The zero-order valence-electron chi connectivity index (χ0n) is 18.3. The molecule has 1 aliphatic rings. The third-order valence-corrected chi connectivity index (χ3v) is 7.24. The average molecular weight is 464 g/mol. The summed E-state index contributed by atoms with van der Waals surface area (Å²) < 4.78 is 26.0. The molecule has 0 saturated carbocycles. The molecule has 0 aromatic heterocycles. The Balaban J connectivity index is 1.64. The van der Waals surface area contributed by atoms with Gasteiger partial charge < -0.3 is 5.32 Å². The molecule has 1 atom stereocenters. The maximum Gasteiger partial charge on any atom is 0.243 e. The van der Waals surface area contributed by atoms with Crippen molar-refractivity contribution >= 4 is 33.2 Å². The first-order valence-corrected chi connectivity index (χ1v) is 12.7. The summed E-state index contributed by atoms with van der Waals surface area (Å²) in [6.45, 7) is 7.00. The number of hydrogen-bond donors (Lipinski definition) is 1. The zero-order valence-corrected chi connectivity index (χ0v) is 19.8. The molecule has 1 aliphatic heterocycles. The van der Waals surface area contributed by atoms with Crippen molar-refractivity contribution in [3.63, 3.8) is 0 Å². The van der Waals surface area contributed by atoms with Crippen molar-refractivity contribution in [2.45, 2.75) is 45.8 Å². The van der Waals surface area contributed by atoms with Gasteiger partial charge in [0, 0.05) is 18.1 Å². The van der Waals surface area contributed by atoms with Crippen LogP contribution in [0.5, 0.6) is 0 Å². The molecule has 1 fully saturated rings. The van der Waals surface area contributed by atoms with Crippen molar-refractivity contribution < 1.29 is 13.2 Å². The van der Waals surface area contributed by atoms with E-state index in [0.29, 0.717) is 17.3 Å². The molecule has 0 radical (unpaired) electrons. The van der Waals surface area contributed by atoms with Gasteiger partial charge in [0.05, 0.1) is 11.9 Å². The Morgan fingerprint density at radius 3 is 2.32 bits per heavy atom. The lowest BCUT2D eigenvalue weighted by Crippen LogP contribution is -2.47. The second kappa shape index (κ2) is 10.0. The fourth-order valence-corrected chi connectivity index (χ4v) is 5.17. The Morgan fingerprint density at radius 1 is 1.13 bits per heavy atom. The van der Waals surface area contributed by atoms with E-state index in [1.54, 1.807) is 25.1 Å². The van der Waals surface area contributed by atoms with Gasteiger partial charge in [-0.2, -0.15) is 0 Å². The number of aryl methyl sites for hydroxylation is 1. The standard InChI is InChI=1S/C23H30ClN3O3S/c1-17-6-11-21(14-22(17)24)27(31(3,29)30)18(2)23(28)25-15-19-7-9-20(10-8-19)16-26-12-4-5-13-26/h6-11,14,18H,4-5,12-13,15-16H2,1-3H3,(H,25,28). The van der Waals surface area contributed by atoms with E-state index in [-0.39, 0.29) is 5.91 Å². The van der Waals surface area contributed by atoms with E-state index in [1.165, 1.54) is 18.4 Å². The summed E-state index contributed by atoms with van der Waals surface area (Å²) in [6.07, 6.45) is 3.62. The smallest absolute Gasteiger partial charge is 0.243 e. The number of likely N-dealkylation sites (tertiary alicyclic amines) is 1. The lowest BCUT2D eigenvalue weighted by molar-refractivity contribution is -0.122. The molecule has 2 aromatic carbocycles. The summed E-state index contributed by atoms with van der Waals surface area (Å²) in [6, 6.07) is 12.2. The Hall–Kier alpha value is -2.09. The van der Waals surface area contributed by atoms with E-state index in [2.05, 4.69) is 22.3 Å². The van der Waals surface area contributed by atoms with Crippen LogP contribution in [0.4, 0.5) is 5.69 Å². The number of amides is 1. The van der Waals surface area contributed by atoms with Gasteiger partial charge in [0.2, 0.25) is 15.9 Å². The first-order valence-electron chi connectivity index (χ1n) is 10.5. The van der Waals surface area contributed by atoms with Crippen LogP contribution in [0.3, 0.4) is 0 Å². The molecular weight excluding hydrogens is 434 g/mol. The molecule has 1 saturated heterocycles. The first kappa shape index (κ1) is 23.6. The topological polar surface area (TPSA) is 69.7 Å². The van der Waals surface area contributed by atoms with Gasteiger partial charge >= 0.3 is 0 Å². The van der Waals surface area contributed by atoms with Crippen molar-refractivity contribution in [2.75, 3.05) is 23.7 Å². The van der Waals surface area contributed by atoms with Crippen molar-refractivity contribution in [3.8, 4) is 0 Å². The van der Waals surface area contributed by atoms with Crippen molar-refractivity contribution in [2.24, 2.45) is 0 Å². The molecule has 0 spiro atoms. The maximum atomic E-state index is 12.8. The van der Waals surface area contributed by atoms with Crippen LogP contribution in [0.25, 0.3) is 0 Å². The average Bonchev–Trinajstić information content (AvgIpc) is 3.22. The van der Waals surface area contributed by atoms with Crippen LogP contribution in [0.15, 0.2) is 42.5 Å². The first-order chi connectivity index (χ1) is 14.6. The molecule has 1 N–H and O–H groups in total. The number of carbonyl (C=O) groups is 1. The molecule has 1 amide bonds. The van der Waals surface area contributed by atoms with Gasteiger partial charge in [0.1, 0.15) is 6.04 Å². The molecule has 0 aliphatic carbocycles. The fraction of sp³-hybridized carbons (Fsp3) is 0.435. The van der Waals surface area contributed by atoms with Crippen molar-refractivity contribution in [3.05, 3.63) is 64.2 Å². The molecule has 168 valence electrons. The minimum atomic E-state index is -3.68. The predicted octanol–water partition coefficient (Wildman–Crippen LogP) is 3.72. The summed E-state index contributed by atoms with van der Waals surface area (Å²) in [4.78, 5) is 15.2. The zero-order chi connectivity index (χ0) is 22.6. The van der Waals surface area contributed by atoms with E-state index in [1.807, 2.05) is 19.1 Å². The van der Waals surface area contributed by atoms with Crippen LogP contribution < -0.4 is 9.62 Å². The van der Waals surface area contributed by atoms with Crippen molar-refractivity contribution in [1.82, 2.24) is 10.2 Å². The lowest BCUT2D eigenvalue weighted by atomic mass is 10.1. The quantitative estimate of drug-likeness (QED) is 0.647. The highest BCUT2D eigenvalue weighted by atomic mass is 35.5. The van der Waals surface area contributed by atoms with Gasteiger partial charge in [-0.25, -0.2) is 8.42 Å². The van der Waals surface area contributed by atoms with Crippen LogP contribution in [-0.4, -0.2) is 44.6 Å². The number of rotatable bonds is 8. The molecule has 8 heteroatoms. The number of halogens is 1. The molecular formula is C23H30ClN3O3S. The van der Waals surface area contributed by atoms with Crippen molar-refractivity contribution in [1.29, 1.82) is 0 Å². The molecule has 6 nitrogen and oxygen atoms in total. The van der Waals surface area contributed by atoms with Crippen LogP contribution in [0.1, 0.15) is 36.5 Å². The largest absolute Gasteiger partial charge is 0.350 e. The Kier molecular flexibility index (Phi) is 7.62. The summed E-state index contributed by atoms with van der Waals surface area (Å²) in [5.74, 6) is -0.372. The molecule has 2 aromatic rings. The van der Waals surface area contributed by atoms with Crippen LogP contribution in [-0.2, 0) is 27.9 Å². The van der Waals surface area contributed by atoms with E-state index >= 15 is 0 Å². The number of hydrogen-bond acceptors (Lipinski definition) is 4. The maximum absolute atomic E-state index is 12.8. The van der Waals surface area contributed by atoms with E-state index in [0.717, 1.165) is 41.3 Å². The molecule has 3 rings (SSSR count). The van der Waals surface area contributed by atoms with E-state index < -0.39 is 16.1 Å². The van der Waals surface area contributed by atoms with Crippen LogP contribution in [0.2, 0.25) is 5.02 Å². The number of nitrogens with one attached hydrogen (secondary N) is 1. The summed E-state index contributed by atoms with van der Waals surface area (Å²) in [7, 11) is -3.68. The second-order valence-corrected chi connectivity index (χ2v) is 10.5. The predicted molar refractivity (Wildman–Crippen MR) is 126 cm³/mol. The number of nitrogens with zero attached hydrogens (tertiary/aromatic N) is 2. The lowest BCUT2D eigenvalue weighted by Gasteiger charge is -2.28. The highest BCUT2D eigenvalue weighted by molar-refractivity contribution is 7.92. The highest BCUT2D eigenvalue weighted by Gasteiger charge is 2.29. The number of sulfonamides is 1. The van der Waals surface area contributed by atoms with Gasteiger partial charge in [-0.3, -0.25) is 14.0 Å². The van der Waals surface area contributed by atoms with Gasteiger partial charge in [0.25, 0.3) is 0 Å². The number of anilines is 1. The second-order valence-electron chi connectivity index (χ2n) is 8.19. The minimum Gasteiger partial charge on any atom is -0.350 e. The monoisotopic (exact) mass is 463 g/mol. The molecule has 1 unspecified atom stereocenters. The van der Waals surface area contributed by atoms with Crippen LogP contribution >= 0.6 is 11.6 Å². The van der Waals surface area contributed by atoms with Crippen LogP contribution in [0, 0.1) is 6.92 Å². The molecule has 31 heavy (non-hydrogen) atoms. The highest BCUT2D eigenvalue weighted by Crippen LogP contribution is 2.26.